The average Bonchev–Trinajstić information content (AvgIpc) is 2.71. The van der Waals surface area contributed by atoms with Crippen LogP contribution in [0.5, 0.6) is 5.75 Å². The van der Waals surface area contributed by atoms with Crippen LogP contribution >= 0.6 is 0 Å². The van der Waals surface area contributed by atoms with E-state index in [4.69, 9.17) is 4.74 Å². The van der Waals surface area contributed by atoms with Gasteiger partial charge in [0.1, 0.15) is 5.75 Å². The van der Waals surface area contributed by atoms with Crippen LogP contribution in [-0.4, -0.2) is 43.5 Å². The summed E-state index contributed by atoms with van der Waals surface area (Å²) in [5.74, 6) is 0.593. The van der Waals surface area contributed by atoms with E-state index in [9.17, 15) is 9.59 Å². The molecule has 1 fully saturated rings. The number of amides is 2. The molecule has 0 bridgehead atoms. The maximum atomic E-state index is 12.7. The lowest BCUT2D eigenvalue weighted by Crippen LogP contribution is -2.41. The molecule has 0 atom stereocenters. The number of nitrogens with one attached hydrogen (secondary N) is 2. The molecule has 0 saturated carbocycles. The number of anilines is 2. The first-order chi connectivity index (χ1) is 14.4. The molecule has 0 aliphatic carbocycles. The molecule has 2 aromatic rings. The second kappa shape index (κ2) is 9.76. The van der Waals surface area contributed by atoms with Crippen LogP contribution in [0.4, 0.5) is 11.4 Å². The van der Waals surface area contributed by atoms with Gasteiger partial charge in [-0.3, -0.25) is 14.5 Å². The van der Waals surface area contributed by atoms with Gasteiger partial charge < -0.3 is 15.4 Å². The first-order valence-corrected chi connectivity index (χ1v) is 10.4. The Hall–Kier alpha value is -2.86. The number of ether oxygens (including phenoxy) is 1. The highest BCUT2D eigenvalue weighted by atomic mass is 16.5. The quantitative estimate of drug-likeness (QED) is 0.759. The minimum Gasteiger partial charge on any atom is -0.495 e. The predicted molar refractivity (Wildman–Crippen MR) is 120 cm³/mol. The fraction of sp³-hybridized carbons (Fsp3) is 0.417. The van der Waals surface area contributed by atoms with E-state index in [2.05, 4.69) is 21.6 Å². The number of carbonyl (C=O) groups is 2. The molecule has 0 radical (unpaired) electrons. The Balaban J connectivity index is 1.49. The van der Waals surface area contributed by atoms with E-state index in [1.165, 1.54) is 5.56 Å². The number of likely N-dealkylation sites (tertiary alicyclic amines) is 1. The van der Waals surface area contributed by atoms with Gasteiger partial charge in [-0.05, 0) is 76.0 Å². The lowest BCUT2D eigenvalue weighted by molar-refractivity contribution is -0.121. The molecule has 1 aliphatic rings. The number of hydrogen-bond donors (Lipinski definition) is 2. The highest BCUT2D eigenvalue weighted by molar-refractivity contribution is 5.94. The zero-order valence-electron chi connectivity index (χ0n) is 18.2. The lowest BCUT2D eigenvalue weighted by Gasteiger charge is -2.30. The van der Waals surface area contributed by atoms with Gasteiger partial charge in [0.05, 0.1) is 19.3 Å². The average molecular weight is 410 g/mol. The molecule has 6 heteroatoms. The second-order valence-corrected chi connectivity index (χ2v) is 8.11. The van der Waals surface area contributed by atoms with Crippen LogP contribution in [0.3, 0.4) is 0 Å². The van der Waals surface area contributed by atoms with Crippen molar-refractivity contribution in [2.24, 2.45) is 5.92 Å². The van der Waals surface area contributed by atoms with Crippen LogP contribution in [0.1, 0.15) is 29.5 Å². The van der Waals surface area contributed by atoms with Crippen molar-refractivity contribution < 1.29 is 14.3 Å². The van der Waals surface area contributed by atoms with Gasteiger partial charge in [0, 0.05) is 11.6 Å². The van der Waals surface area contributed by atoms with Gasteiger partial charge in [-0.2, -0.15) is 0 Å². The Kier molecular flexibility index (Phi) is 7.11. The van der Waals surface area contributed by atoms with E-state index in [1.54, 1.807) is 7.11 Å². The van der Waals surface area contributed by atoms with Crippen LogP contribution in [0, 0.1) is 26.7 Å². The van der Waals surface area contributed by atoms with Gasteiger partial charge in [0.2, 0.25) is 11.8 Å². The topological polar surface area (TPSA) is 70.7 Å². The zero-order valence-corrected chi connectivity index (χ0v) is 18.2. The fourth-order valence-corrected chi connectivity index (χ4v) is 3.85. The highest BCUT2D eigenvalue weighted by Crippen LogP contribution is 2.27. The Labute approximate surface area is 178 Å². The molecule has 6 nitrogen and oxygen atoms in total. The third-order valence-electron chi connectivity index (χ3n) is 5.59. The molecule has 0 unspecified atom stereocenters. The Bertz CT molecular complexity index is 918. The summed E-state index contributed by atoms with van der Waals surface area (Å²) in [6.45, 7) is 7.81. The van der Waals surface area contributed by atoms with Crippen molar-refractivity contribution in [3.8, 4) is 5.75 Å². The fourth-order valence-electron chi connectivity index (χ4n) is 3.85. The van der Waals surface area contributed by atoms with Gasteiger partial charge in [-0.15, -0.1) is 0 Å². The number of nitrogens with zero attached hydrogens (tertiary/aromatic N) is 1. The van der Waals surface area contributed by atoms with Crippen molar-refractivity contribution in [2.75, 3.05) is 37.4 Å². The molecule has 160 valence electrons. The number of methoxy groups -OCH3 is 1. The summed E-state index contributed by atoms with van der Waals surface area (Å²) in [5.41, 5.74) is 4.86. The predicted octanol–water partition coefficient (Wildman–Crippen LogP) is 3.91. The molecule has 2 amide bonds. The maximum absolute atomic E-state index is 12.7. The molecule has 3 rings (SSSR count). The van der Waals surface area contributed by atoms with Gasteiger partial charge in [-0.1, -0.05) is 23.8 Å². The Morgan fingerprint density at radius 1 is 0.967 bits per heavy atom. The van der Waals surface area contributed by atoms with E-state index < -0.39 is 0 Å². The number of piperidine rings is 1. The highest BCUT2D eigenvalue weighted by Gasteiger charge is 2.26. The van der Waals surface area contributed by atoms with E-state index in [0.29, 0.717) is 18.0 Å². The van der Waals surface area contributed by atoms with E-state index >= 15 is 0 Å². The van der Waals surface area contributed by atoms with Crippen molar-refractivity contribution >= 4 is 23.2 Å². The lowest BCUT2D eigenvalue weighted by atomic mass is 9.95. The number of hydrogen-bond acceptors (Lipinski definition) is 4. The van der Waals surface area contributed by atoms with Gasteiger partial charge in [-0.25, -0.2) is 0 Å². The summed E-state index contributed by atoms with van der Waals surface area (Å²) in [5, 5.41) is 6.00. The number of rotatable bonds is 6. The van der Waals surface area contributed by atoms with Gasteiger partial charge >= 0.3 is 0 Å². The summed E-state index contributed by atoms with van der Waals surface area (Å²) in [6.07, 6.45) is 1.47. The van der Waals surface area contributed by atoms with Crippen molar-refractivity contribution in [3.63, 3.8) is 0 Å². The minimum absolute atomic E-state index is 0.0123. The molecular formula is C24H31N3O3. The zero-order chi connectivity index (χ0) is 21.7. The molecule has 0 spiro atoms. The smallest absolute Gasteiger partial charge is 0.238 e. The monoisotopic (exact) mass is 409 g/mol. The molecule has 1 aliphatic heterocycles. The third kappa shape index (κ3) is 5.60. The summed E-state index contributed by atoms with van der Waals surface area (Å²) in [4.78, 5) is 27.3. The summed E-state index contributed by atoms with van der Waals surface area (Å²) in [6, 6.07) is 11.7. The van der Waals surface area contributed by atoms with Crippen LogP contribution in [0.25, 0.3) is 0 Å². The third-order valence-corrected chi connectivity index (χ3v) is 5.59. The SMILES string of the molecule is COc1ccc(C)cc1NC(=O)C1CCN(CC(=O)Nc2ccc(C)cc2C)CC1. The molecule has 1 heterocycles. The normalized spacial score (nSPS) is 14.9. The molecule has 1 saturated heterocycles. The Morgan fingerprint density at radius 3 is 2.30 bits per heavy atom. The van der Waals surface area contributed by atoms with E-state index in [1.807, 2.05) is 51.1 Å². The van der Waals surface area contributed by atoms with Crippen LogP contribution in [0.15, 0.2) is 36.4 Å². The van der Waals surface area contributed by atoms with E-state index in [-0.39, 0.29) is 17.7 Å². The van der Waals surface area contributed by atoms with Gasteiger partial charge in [0.15, 0.2) is 0 Å². The second-order valence-electron chi connectivity index (χ2n) is 8.11. The minimum atomic E-state index is -0.0612. The van der Waals surface area contributed by atoms with E-state index in [0.717, 1.165) is 42.7 Å². The van der Waals surface area contributed by atoms with Crippen LogP contribution < -0.4 is 15.4 Å². The summed E-state index contributed by atoms with van der Waals surface area (Å²) in [7, 11) is 1.60. The molecule has 0 aromatic heterocycles. The Morgan fingerprint density at radius 2 is 1.63 bits per heavy atom. The number of carbonyl (C=O) groups excluding carboxylic acids is 2. The molecule has 2 N–H and O–H groups in total. The molecule has 30 heavy (non-hydrogen) atoms. The van der Waals surface area contributed by atoms with Crippen molar-refractivity contribution in [2.45, 2.75) is 33.6 Å². The summed E-state index contributed by atoms with van der Waals surface area (Å²) < 4.78 is 5.35. The largest absolute Gasteiger partial charge is 0.495 e. The van der Waals surface area contributed by atoms with Gasteiger partial charge in [0.25, 0.3) is 0 Å². The first-order valence-electron chi connectivity index (χ1n) is 10.4. The van der Waals surface area contributed by atoms with Crippen molar-refractivity contribution in [1.29, 1.82) is 0 Å². The van der Waals surface area contributed by atoms with Crippen LogP contribution in [0.2, 0.25) is 0 Å². The van der Waals surface area contributed by atoms with Crippen molar-refractivity contribution in [3.05, 3.63) is 53.1 Å². The number of benzene rings is 2. The standard InChI is InChI=1S/C24H31N3O3/c1-16-5-7-20(18(3)13-16)25-23(28)15-27-11-9-19(10-12-27)24(29)26-21-14-17(2)6-8-22(21)30-4/h5-8,13-14,19H,9-12,15H2,1-4H3,(H,25,28)(H,26,29). The molecule has 2 aromatic carbocycles. The number of aryl methyl sites for hydroxylation is 3. The first kappa shape index (κ1) is 21.8. The van der Waals surface area contributed by atoms with Crippen molar-refractivity contribution in [1.82, 2.24) is 4.90 Å². The maximum Gasteiger partial charge on any atom is 0.238 e. The molecular weight excluding hydrogens is 378 g/mol. The van der Waals surface area contributed by atoms with Crippen LogP contribution in [-0.2, 0) is 9.59 Å². The summed E-state index contributed by atoms with van der Waals surface area (Å²) >= 11 is 0.